The van der Waals surface area contributed by atoms with Crippen LogP contribution in [0.3, 0.4) is 0 Å². The summed E-state index contributed by atoms with van der Waals surface area (Å²) in [5.74, 6) is 1.79. The Labute approximate surface area is 169 Å². The highest BCUT2D eigenvalue weighted by Crippen LogP contribution is 2.34. The number of nitriles is 1. The van der Waals surface area contributed by atoms with Gasteiger partial charge in [-0.1, -0.05) is 30.3 Å². The maximum absolute atomic E-state index is 9.62. The molecule has 4 aromatic rings. The van der Waals surface area contributed by atoms with E-state index in [0.717, 1.165) is 16.5 Å². The van der Waals surface area contributed by atoms with Gasteiger partial charge in [0.1, 0.15) is 29.9 Å². The molecule has 1 aromatic heterocycles. The Morgan fingerprint density at radius 3 is 2.59 bits per heavy atom. The molecule has 1 heterocycles. The van der Waals surface area contributed by atoms with Gasteiger partial charge < -0.3 is 15.2 Å². The van der Waals surface area contributed by atoms with E-state index in [1.807, 2.05) is 55.5 Å². The van der Waals surface area contributed by atoms with E-state index in [1.165, 1.54) is 0 Å². The SMILES string of the molecule is Cc1cc(Oc2ccnc3cc(OCc4ccccc4)c(C#N)cc23)ccc1N. The first-order chi connectivity index (χ1) is 14.1. The molecule has 0 unspecified atom stereocenters. The van der Waals surface area contributed by atoms with Crippen LogP contribution >= 0.6 is 0 Å². The van der Waals surface area contributed by atoms with E-state index in [9.17, 15) is 5.26 Å². The molecule has 2 N–H and O–H groups in total. The second-order valence-electron chi connectivity index (χ2n) is 6.68. The number of nitrogen functional groups attached to an aromatic ring is 1. The lowest BCUT2D eigenvalue weighted by Crippen LogP contribution is -1.98. The third kappa shape index (κ3) is 3.97. The summed E-state index contributed by atoms with van der Waals surface area (Å²) < 4.78 is 11.9. The first-order valence-corrected chi connectivity index (χ1v) is 9.17. The van der Waals surface area contributed by atoms with Crippen LogP contribution in [0.1, 0.15) is 16.7 Å². The number of aromatic nitrogens is 1. The van der Waals surface area contributed by atoms with Gasteiger partial charge in [0.15, 0.2) is 0 Å². The predicted molar refractivity (Wildman–Crippen MR) is 113 cm³/mol. The number of hydrogen-bond donors (Lipinski definition) is 1. The Bertz CT molecular complexity index is 1210. The molecule has 0 radical (unpaired) electrons. The summed E-state index contributed by atoms with van der Waals surface area (Å²) >= 11 is 0. The average Bonchev–Trinajstić information content (AvgIpc) is 2.75. The molecule has 4 rings (SSSR count). The van der Waals surface area contributed by atoms with E-state index in [-0.39, 0.29) is 0 Å². The highest BCUT2D eigenvalue weighted by Gasteiger charge is 2.12. The molecule has 5 heteroatoms. The zero-order valence-electron chi connectivity index (χ0n) is 15.9. The van der Waals surface area contributed by atoms with Gasteiger partial charge in [-0.2, -0.15) is 5.26 Å². The van der Waals surface area contributed by atoms with Crippen molar-refractivity contribution in [3.05, 3.63) is 89.6 Å². The van der Waals surface area contributed by atoms with Crippen LogP contribution in [-0.4, -0.2) is 4.98 Å². The van der Waals surface area contributed by atoms with Crippen molar-refractivity contribution >= 4 is 16.6 Å². The fourth-order valence-electron chi connectivity index (χ4n) is 3.02. The summed E-state index contributed by atoms with van der Waals surface area (Å²) in [5, 5.41) is 10.4. The predicted octanol–water partition coefficient (Wildman–Crippen LogP) is 5.37. The van der Waals surface area contributed by atoms with Gasteiger partial charge in [0.05, 0.1) is 11.1 Å². The maximum atomic E-state index is 9.62. The minimum atomic E-state index is 0.377. The minimum Gasteiger partial charge on any atom is -0.487 e. The highest BCUT2D eigenvalue weighted by molar-refractivity contribution is 5.88. The molecule has 0 saturated heterocycles. The second-order valence-corrected chi connectivity index (χ2v) is 6.68. The Morgan fingerprint density at radius 1 is 1.00 bits per heavy atom. The van der Waals surface area contributed by atoms with Crippen LogP contribution in [0.5, 0.6) is 17.2 Å². The summed E-state index contributed by atoms with van der Waals surface area (Å²) in [4.78, 5) is 4.42. The number of hydrogen-bond acceptors (Lipinski definition) is 5. The van der Waals surface area contributed by atoms with Crippen molar-refractivity contribution in [1.29, 1.82) is 5.26 Å². The maximum Gasteiger partial charge on any atom is 0.139 e. The molecule has 0 fully saturated rings. The fourth-order valence-corrected chi connectivity index (χ4v) is 3.02. The minimum absolute atomic E-state index is 0.377. The van der Waals surface area contributed by atoms with Crippen molar-refractivity contribution in [2.45, 2.75) is 13.5 Å². The number of fused-ring (bicyclic) bond motifs is 1. The molecular formula is C24H19N3O2. The van der Waals surface area contributed by atoms with Crippen molar-refractivity contribution in [3.8, 4) is 23.3 Å². The summed E-state index contributed by atoms with van der Waals surface area (Å²) in [7, 11) is 0. The van der Waals surface area contributed by atoms with Crippen LogP contribution in [0.4, 0.5) is 5.69 Å². The zero-order chi connectivity index (χ0) is 20.2. The van der Waals surface area contributed by atoms with Gasteiger partial charge in [-0.3, -0.25) is 4.98 Å². The summed E-state index contributed by atoms with van der Waals surface area (Å²) in [6.45, 7) is 2.30. The molecule has 0 aliphatic rings. The van der Waals surface area contributed by atoms with Gasteiger partial charge in [-0.05, 0) is 48.4 Å². The number of ether oxygens (including phenoxy) is 2. The lowest BCUT2D eigenvalue weighted by Gasteiger charge is -2.13. The molecular weight excluding hydrogens is 362 g/mol. The molecule has 142 valence electrons. The monoisotopic (exact) mass is 381 g/mol. The largest absolute Gasteiger partial charge is 0.487 e. The molecule has 29 heavy (non-hydrogen) atoms. The van der Waals surface area contributed by atoms with Crippen LogP contribution in [0.25, 0.3) is 10.9 Å². The topological polar surface area (TPSA) is 81.2 Å². The van der Waals surface area contributed by atoms with Crippen molar-refractivity contribution in [2.75, 3.05) is 5.73 Å². The van der Waals surface area contributed by atoms with E-state index in [0.29, 0.717) is 40.6 Å². The summed E-state index contributed by atoms with van der Waals surface area (Å²) in [6.07, 6.45) is 1.68. The van der Waals surface area contributed by atoms with Gasteiger partial charge in [0, 0.05) is 23.3 Å². The van der Waals surface area contributed by atoms with Crippen LogP contribution in [0, 0.1) is 18.3 Å². The Hall–Kier alpha value is -4.04. The first kappa shape index (κ1) is 18.3. The fraction of sp³-hybridized carbons (Fsp3) is 0.0833. The molecule has 0 spiro atoms. The standard InChI is InChI=1S/C24H19N3O2/c1-16-11-19(7-8-21(16)26)29-23-9-10-27-22-13-24(18(14-25)12-20(22)23)28-15-17-5-3-2-4-6-17/h2-13H,15,26H2,1H3. The number of nitrogens with zero attached hydrogens (tertiary/aromatic N) is 2. The zero-order valence-corrected chi connectivity index (χ0v) is 15.9. The third-order valence-electron chi connectivity index (χ3n) is 4.63. The smallest absolute Gasteiger partial charge is 0.139 e. The molecule has 0 atom stereocenters. The normalized spacial score (nSPS) is 10.5. The molecule has 0 bridgehead atoms. The molecule has 0 aliphatic heterocycles. The quantitative estimate of drug-likeness (QED) is 0.470. The number of aryl methyl sites for hydroxylation is 1. The summed E-state index contributed by atoms with van der Waals surface area (Å²) in [5.41, 5.74) is 9.68. The lowest BCUT2D eigenvalue weighted by molar-refractivity contribution is 0.305. The van der Waals surface area contributed by atoms with Crippen LogP contribution in [0.2, 0.25) is 0 Å². The Kier molecular flexibility index (Phi) is 5.00. The van der Waals surface area contributed by atoms with Gasteiger partial charge in [0.25, 0.3) is 0 Å². The molecule has 5 nitrogen and oxygen atoms in total. The summed E-state index contributed by atoms with van der Waals surface area (Å²) in [6, 6.07) is 22.8. The van der Waals surface area contributed by atoms with Gasteiger partial charge in [-0.15, -0.1) is 0 Å². The van der Waals surface area contributed by atoms with Gasteiger partial charge in [-0.25, -0.2) is 0 Å². The van der Waals surface area contributed by atoms with Crippen LogP contribution in [0.15, 0.2) is 72.9 Å². The lowest BCUT2D eigenvalue weighted by atomic mass is 10.1. The first-order valence-electron chi connectivity index (χ1n) is 9.17. The molecule has 0 aliphatic carbocycles. The van der Waals surface area contributed by atoms with Gasteiger partial charge >= 0.3 is 0 Å². The van der Waals surface area contributed by atoms with Crippen molar-refractivity contribution in [2.24, 2.45) is 0 Å². The van der Waals surface area contributed by atoms with E-state index in [4.69, 9.17) is 15.2 Å². The number of benzene rings is 3. The van der Waals surface area contributed by atoms with E-state index >= 15 is 0 Å². The van der Waals surface area contributed by atoms with Gasteiger partial charge in [0.2, 0.25) is 0 Å². The van der Waals surface area contributed by atoms with Crippen molar-refractivity contribution in [3.63, 3.8) is 0 Å². The Balaban J connectivity index is 1.67. The molecule has 0 saturated carbocycles. The van der Waals surface area contributed by atoms with Crippen LogP contribution < -0.4 is 15.2 Å². The van der Waals surface area contributed by atoms with Crippen LogP contribution in [-0.2, 0) is 6.61 Å². The number of pyridine rings is 1. The van der Waals surface area contributed by atoms with Crippen molar-refractivity contribution < 1.29 is 9.47 Å². The number of nitrogens with two attached hydrogens (primary N) is 1. The van der Waals surface area contributed by atoms with E-state index < -0.39 is 0 Å². The average molecular weight is 381 g/mol. The third-order valence-corrected chi connectivity index (χ3v) is 4.63. The number of anilines is 1. The van der Waals surface area contributed by atoms with E-state index in [1.54, 1.807) is 24.4 Å². The highest BCUT2D eigenvalue weighted by atomic mass is 16.5. The second kappa shape index (κ2) is 7.91. The molecule has 3 aromatic carbocycles. The van der Waals surface area contributed by atoms with Crippen molar-refractivity contribution in [1.82, 2.24) is 4.98 Å². The number of rotatable bonds is 5. The Morgan fingerprint density at radius 2 is 1.83 bits per heavy atom. The van der Waals surface area contributed by atoms with E-state index in [2.05, 4.69) is 11.1 Å². The molecule has 0 amide bonds.